The van der Waals surface area contributed by atoms with Gasteiger partial charge in [-0.2, -0.15) is 0 Å². The third-order valence-electron chi connectivity index (χ3n) is 1.36. The van der Waals surface area contributed by atoms with E-state index in [0.29, 0.717) is 0 Å². The molecule has 0 heterocycles. The van der Waals surface area contributed by atoms with Crippen LogP contribution in [0, 0.1) is 3.57 Å². The lowest BCUT2D eigenvalue weighted by Crippen LogP contribution is -1.88. The summed E-state index contributed by atoms with van der Waals surface area (Å²) in [5.41, 5.74) is 0. The monoisotopic (exact) mass is 264 g/mol. The molecule has 0 aliphatic rings. The molecule has 0 bridgehead atoms. The molecule has 1 aromatic rings. The van der Waals surface area contributed by atoms with Gasteiger partial charge >= 0.3 is 0 Å². The fourth-order valence-electron chi connectivity index (χ4n) is 0.774. The first-order chi connectivity index (χ1) is 5.27. The SMILES string of the molecule is COc1ccc(OC)c(I)c1. The maximum absolute atomic E-state index is 5.08. The topological polar surface area (TPSA) is 18.5 Å². The smallest absolute Gasteiger partial charge is 0.132 e. The first kappa shape index (κ1) is 8.64. The summed E-state index contributed by atoms with van der Waals surface area (Å²) < 4.78 is 11.2. The summed E-state index contributed by atoms with van der Waals surface area (Å²) in [6.07, 6.45) is 0. The van der Waals surface area contributed by atoms with Gasteiger partial charge in [0.1, 0.15) is 11.5 Å². The van der Waals surface area contributed by atoms with Crippen LogP contribution in [0.5, 0.6) is 11.5 Å². The molecule has 11 heavy (non-hydrogen) atoms. The van der Waals surface area contributed by atoms with E-state index in [1.807, 2.05) is 18.2 Å². The summed E-state index contributed by atoms with van der Waals surface area (Å²) in [4.78, 5) is 0. The Kier molecular flexibility index (Phi) is 2.99. The molecule has 0 spiro atoms. The van der Waals surface area contributed by atoms with Crippen molar-refractivity contribution in [3.05, 3.63) is 21.8 Å². The number of halogens is 1. The van der Waals surface area contributed by atoms with Crippen molar-refractivity contribution in [2.75, 3.05) is 14.2 Å². The third kappa shape index (κ3) is 1.99. The lowest BCUT2D eigenvalue weighted by molar-refractivity contribution is 0.400. The highest BCUT2D eigenvalue weighted by molar-refractivity contribution is 14.1. The molecule has 0 saturated carbocycles. The van der Waals surface area contributed by atoms with Gasteiger partial charge in [0.2, 0.25) is 0 Å². The zero-order valence-corrected chi connectivity index (χ0v) is 8.58. The van der Waals surface area contributed by atoms with E-state index >= 15 is 0 Å². The first-order valence-electron chi connectivity index (χ1n) is 3.15. The Morgan fingerprint density at radius 1 is 1.18 bits per heavy atom. The molecule has 0 aliphatic carbocycles. The van der Waals surface area contributed by atoms with Crippen molar-refractivity contribution in [2.45, 2.75) is 0 Å². The standard InChI is InChI=1S/C8H9IO2/c1-10-6-3-4-8(11-2)7(9)5-6/h3-5H,1-2H3. The van der Waals surface area contributed by atoms with Crippen LogP contribution in [0.25, 0.3) is 0 Å². The van der Waals surface area contributed by atoms with Gasteiger partial charge in [-0.05, 0) is 40.8 Å². The average Bonchev–Trinajstić information content (AvgIpc) is 2.04. The second kappa shape index (κ2) is 3.80. The third-order valence-corrected chi connectivity index (χ3v) is 2.20. The predicted octanol–water partition coefficient (Wildman–Crippen LogP) is 2.31. The lowest BCUT2D eigenvalue weighted by Gasteiger charge is -2.04. The van der Waals surface area contributed by atoms with Crippen LogP contribution < -0.4 is 9.47 Å². The quantitative estimate of drug-likeness (QED) is 0.763. The van der Waals surface area contributed by atoms with Gasteiger partial charge < -0.3 is 9.47 Å². The largest absolute Gasteiger partial charge is 0.497 e. The van der Waals surface area contributed by atoms with Crippen molar-refractivity contribution in [2.24, 2.45) is 0 Å². The maximum atomic E-state index is 5.08. The fraction of sp³-hybridized carbons (Fsp3) is 0.250. The molecule has 1 aromatic carbocycles. The molecule has 0 amide bonds. The number of hydrogen-bond donors (Lipinski definition) is 0. The van der Waals surface area contributed by atoms with E-state index in [1.165, 1.54) is 0 Å². The van der Waals surface area contributed by atoms with Crippen LogP contribution in [0.15, 0.2) is 18.2 Å². The number of methoxy groups -OCH3 is 2. The number of rotatable bonds is 2. The van der Waals surface area contributed by atoms with E-state index in [2.05, 4.69) is 22.6 Å². The van der Waals surface area contributed by atoms with E-state index in [0.717, 1.165) is 15.1 Å². The summed E-state index contributed by atoms with van der Waals surface area (Å²) >= 11 is 2.20. The number of ether oxygens (including phenoxy) is 2. The molecule has 0 aromatic heterocycles. The number of hydrogen-bond acceptors (Lipinski definition) is 2. The Morgan fingerprint density at radius 3 is 2.36 bits per heavy atom. The van der Waals surface area contributed by atoms with Crippen LogP contribution in [0.2, 0.25) is 0 Å². The van der Waals surface area contributed by atoms with Crippen LogP contribution in [0.4, 0.5) is 0 Å². The van der Waals surface area contributed by atoms with E-state index in [1.54, 1.807) is 14.2 Å². The van der Waals surface area contributed by atoms with Crippen LogP contribution in [0.3, 0.4) is 0 Å². The minimum atomic E-state index is 0.857. The van der Waals surface area contributed by atoms with Crippen molar-refractivity contribution < 1.29 is 9.47 Å². The highest BCUT2D eigenvalue weighted by Crippen LogP contribution is 2.24. The molecule has 0 radical (unpaired) electrons. The van der Waals surface area contributed by atoms with Crippen molar-refractivity contribution in [3.8, 4) is 11.5 Å². The summed E-state index contributed by atoms with van der Waals surface area (Å²) in [6, 6.07) is 5.70. The second-order valence-corrected chi connectivity index (χ2v) is 3.16. The fourth-order valence-corrected chi connectivity index (χ4v) is 1.48. The Hall–Kier alpha value is -0.450. The van der Waals surface area contributed by atoms with Crippen molar-refractivity contribution in [1.82, 2.24) is 0 Å². The van der Waals surface area contributed by atoms with Crippen molar-refractivity contribution >= 4 is 22.6 Å². The highest BCUT2D eigenvalue weighted by Gasteiger charge is 1.99. The van der Waals surface area contributed by atoms with Crippen LogP contribution in [-0.4, -0.2) is 14.2 Å². The van der Waals surface area contributed by atoms with E-state index in [9.17, 15) is 0 Å². The van der Waals surface area contributed by atoms with Crippen LogP contribution in [-0.2, 0) is 0 Å². The maximum Gasteiger partial charge on any atom is 0.132 e. The first-order valence-corrected chi connectivity index (χ1v) is 4.23. The summed E-state index contributed by atoms with van der Waals surface area (Å²) in [7, 11) is 3.31. The minimum Gasteiger partial charge on any atom is -0.497 e. The van der Waals surface area contributed by atoms with E-state index < -0.39 is 0 Å². The molecule has 0 N–H and O–H groups in total. The van der Waals surface area contributed by atoms with Gasteiger partial charge in [0.05, 0.1) is 17.8 Å². The normalized spacial score (nSPS) is 9.36. The molecular formula is C8H9IO2. The molecule has 0 aliphatic heterocycles. The molecule has 2 nitrogen and oxygen atoms in total. The van der Waals surface area contributed by atoms with Gasteiger partial charge in [-0.1, -0.05) is 0 Å². The van der Waals surface area contributed by atoms with Gasteiger partial charge in [-0.25, -0.2) is 0 Å². The average molecular weight is 264 g/mol. The number of benzene rings is 1. The predicted molar refractivity (Wildman–Crippen MR) is 52.3 cm³/mol. The Morgan fingerprint density at radius 2 is 1.91 bits per heavy atom. The summed E-state index contributed by atoms with van der Waals surface area (Å²) in [6.45, 7) is 0. The van der Waals surface area contributed by atoms with E-state index in [-0.39, 0.29) is 0 Å². The highest BCUT2D eigenvalue weighted by atomic mass is 127. The summed E-state index contributed by atoms with van der Waals surface area (Å²) in [5, 5.41) is 0. The summed E-state index contributed by atoms with van der Waals surface area (Å²) in [5.74, 6) is 1.74. The van der Waals surface area contributed by atoms with Gasteiger partial charge in [-0.15, -0.1) is 0 Å². The minimum absolute atomic E-state index is 0.857. The lowest BCUT2D eigenvalue weighted by atomic mass is 10.3. The van der Waals surface area contributed by atoms with Gasteiger partial charge in [0.15, 0.2) is 0 Å². The Bertz CT molecular complexity index is 248. The van der Waals surface area contributed by atoms with Gasteiger partial charge in [-0.3, -0.25) is 0 Å². The van der Waals surface area contributed by atoms with Gasteiger partial charge in [0.25, 0.3) is 0 Å². The Labute approximate surface area is 79.7 Å². The second-order valence-electron chi connectivity index (χ2n) is 2.00. The molecule has 0 fully saturated rings. The molecule has 0 unspecified atom stereocenters. The van der Waals surface area contributed by atoms with Crippen molar-refractivity contribution in [1.29, 1.82) is 0 Å². The van der Waals surface area contributed by atoms with E-state index in [4.69, 9.17) is 9.47 Å². The Balaban J connectivity index is 2.99. The molecule has 0 atom stereocenters. The zero-order valence-electron chi connectivity index (χ0n) is 6.43. The zero-order chi connectivity index (χ0) is 8.27. The van der Waals surface area contributed by atoms with Gasteiger partial charge in [0, 0.05) is 0 Å². The molecule has 3 heteroatoms. The molecule has 60 valence electrons. The molecule has 1 rings (SSSR count). The van der Waals surface area contributed by atoms with Crippen molar-refractivity contribution in [3.63, 3.8) is 0 Å². The molecule has 0 saturated heterocycles. The molecular weight excluding hydrogens is 255 g/mol. The van der Waals surface area contributed by atoms with Crippen LogP contribution in [0.1, 0.15) is 0 Å². The van der Waals surface area contributed by atoms with Crippen LogP contribution >= 0.6 is 22.6 Å².